The number of carbonyl (C=O) groups is 1. The molecule has 0 spiro atoms. The molecule has 25 heavy (non-hydrogen) atoms. The number of hydrogen-bond acceptors (Lipinski definition) is 3. The molecule has 0 fully saturated rings. The molecule has 0 aliphatic rings. The van der Waals surface area contributed by atoms with Crippen LogP contribution >= 0.6 is 0 Å². The lowest BCUT2D eigenvalue weighted by Gasteiger charge is -2.20. The number of aryl methyl sites for hydroxylation is 1. The number of aromatic nitrogens is 2. The van der Waals surface area contributed by atoms with E-state index < -0.39 is 0 Å². The van der Waals surface area contributed by atoms with Gasteiger partial charge in [0.15, 0.2) is 6.61 Å². The van der Waals surface area contributed by atoms with Gasteiger partial charge in [-0.25, -0.2) is 4.98 Å². The Balaban J connectivity index is 1.68. The van der Waals surface area contributed by atoms with Crippen LogP contribution in [0.1, 0.15) is 31.3 Å². The summed E-state index contributed by atoms with van der Waals surface area (Å²) in [4.78, 5) is 20.2. The van der Waals surface area contributed by atoms with E-state index in [0.717, 1.165) is 22.4 Å². The normalized spacial score (nSPS) is 12.3. The van der Waals surface area contributed by atoms with E-state index in [1.807, 2.05) is 55.5 Å². The number of rotatable bonds is 6. The summed E-state index contributed by atoms with van der Waals surface area (Å²) in [6, 6.07) is 15.3. The number of benzene rings is 2. The number of nitrogens with zero attached hydrogens (tertiary/aromatic N) is 1. The number of fused-ring (bicyclic) bond motifs is 1. The van der Waals surface area contributed by atoms with Gasteiger partial charge in [0.2, 0.25) is 0 Å². The van der Waals surface area contributed by atoms with Gasteiger partial charge in [-0.2, -0.15) is 0 Å². The fraction of sp³-hybridized carbons (Fsp3) is 0.300. The molecule has 0 saturated carbocycles. The summed E-state index contributed by atoms with van der Waals surface area (Å²) in [7, 11) is 0. The average Bonchev–Trinajstić information content (AvgIpc) is 3.01. The van der Waals surface area contributed by atoms with Gasteiger partial charge in [0, 0.05) is 0 Å². The zero-order valence-corrected chi connectivity index (χ0v) is 14.7. The minimum atomic E-state index is -0.194. The van der Waals surface area contributed by atoms with Crippen molar-refractivity contribution in [2.24, 2.45) is 5.92 Å². The van der Waals surface area contributed by atoms with Crippen LogP contribution in [-0.4, -0.2) is 22.5 Å². The van der Waals surface area contributed by atoms with Crippen LogP contribution in [0.25, 0.3) is 11.0 Å². The summed E-state index contributed by atoms with van der Waals surface area (Å²) in [6.07, 6.45) is 0. The zero-order chi connectivity index (χ0) is 17.8. The van der Waals surface area contributed by atoms with Crippen LogP contribution in [0.4, 0.5) is 0 Å². The predicted octanol–water partition coefficient (Wildman–Crippen LogP) is 3.76. The van der Waals surface area contributed by atoms with Gasteiger partial charge in [-0.3, -0.25) is 4.79 Å². The van der Waals surface area contributed by atoms with E-state index in [2.05, 4.69) is 29.1 Å². The van der Waals surface area contributed by atoms with E-state index in [4.69, 9.17) is 4.74 Å². The second kappa shape index (κ2) is 7.38. The number of aromatic amines is 1. The van der Waals surface area contributed by atoms with Crippen molar-refractivity contribution < 1.29 is 9.53 Å². The molecule has 2 N–H and O–H groups in total. The van der Waals surface area contributed by atoms with Gasteiger partial charge in [-0.15, -0.1) is 0 Å². The van der Waals surface area contributed by atoms with Crippen molar-refractivity contribution in [3.05, 3.63) is 59.9 Å². The van der Waals surface area contributed by atoms with E-state index in [9.17, 15) is 4.79 Å². The Bertz CT molecular complexity index is 837. The maximum atomic E-state index is 12.3. The standard InChI is InChI=1S/C20H23N3O2/c1-13(2)19(20-21-16-9-4-5-10-17(16)22-20)23-18(24)12-25-15-8-6-7-14(3)11-15/h4-11,13,19H,12H2,1-3H3,(H,21,22)(H,23,24)/t19-/m0/s1. The smallest absolute Gasteiger partial charge is 0.258 e. The van der Waals surface area contributed by atoms with E-state index in [-0.39, 0.29) is 24.5 Å². The van der Waals surface area contributed by atoms with Crippen molar-refractivity contribution in [2.75, 3.05) is 6.61 Å². The predicted molar refractivity (Wildman–Crippen MR) is 98.5 cm³/mol. The number of nitrogens with one attached hydrogen (secondary N) is 2. The summed E-state index contributed by atoms with van der Waals surface area (Å²) >= 11 is 0. The highest BCUT2D eigenvalue weighted by molar-refractivity contribution is 5.78. The van der Waals surface area contributed by atoms with Crippen LogP contribution in [0.2, 0.25) is 0 Å². The van der Waals surface area contributed by atoms with Crippen molar-refractivity contribution in [2.45, 2.75) is 26.8 Å². The van der Waals surface area contributed by atoms with Gasteiger partial charge in [-0.1, -0.05) is 38.1 Å². The molecule has 5 nitrogen and oxygen atoms in total. The van der Waals surface area contributed by atoms with Crippen LogP contribution in [0, 0.1) is 12.8 Å². The van der Waals surface area contributed by atoms with Crippen molar-refractivity contribution >= 4 is 16.9 Å². The van der Waals surface area contributed by atoms with Gasteiger partial charge in [0.05, 0.1) is 17.1 Å². The van der Waals surface area contributed by atoms with E-state index in [1.165, 1.54) is 0 Å². The number of imidazole rings is 1. The lowest BCUT2D eigenvalue weighted by Crippen LogP contribution is -2.35. The van der Waals surface area contributed by atoms with Gasteiger partial charge in [0.1, 0.15) is 11.6 Å². The Morgan fingerprint density at radius 3 is 2.72 bits per heavy atom. The van der Waals surface area contributed by atoms with Crippen molar-refractivity contribution in [3.8, 4) is 5.75 Å². The van der Waals surface area contributed by atoms with Crippen molar-refractivity contribution in [1.82, 2.24) is 15.3 Å². The quantitative estimate of drug-likeness (QED) is 0.719. The fourth-order valence-corrected chi connectivity index (χ4v) is 2.74. The average molecular weight is 337 g/mol. The molecule has 1 heterocycles. The summed E-state index contributed by atoms with van der Waals surface area (Å²) in [5.74, 6) is 1.49. The molecule has 1 aromatic heterocycles. The zero-order valence-electron chi connectivity index (χ0n) is 14.7. The Hall–Kier alpha value is -2.82. The number of carbonyl (C=O) groups excluding carboxylic acids is 1. The summed E-state index contributed by atoms with van der Waals surface area (Å²) in [5.41, 5.74) is 2.96. The Kier molecular flexibility index (Phi) is 5.03. The van der Waals surface area contributed by atoms with Gasteiger partial charge in [0.25, 0.3) is 5.91 Å². The fourth-order valence-electron chi connectivity index (χ4n) is 2.74. The molecule has 5 heteroatoms. The molecule has 3 rings (SSSR count). The molecule has 3 aromatic rings. The Morgan fingerprint density at radius 2 is 2.00 bits per heavy atom. The lowest BCUT2D eigenvalue weighted by molar-refractivity contribution is -0.124. The number of hydrogen-bond donors (Lipinski definition) is 2. The lowest BCUT2D eigenvalue weighted by atomic mass is 10.0. The van der Waals surface area contributed by atoms with E-state index in [1.54, 1.807) is 0 Å². The number of amides is 1. The SMILES string of the molecule is Cc1cccc(OCC(=O)N[C@H](c2nc3ccccc3[nH]2)C(C)C)c1. The molecular formula is C20H23N3O2. The molecule has 1 atom stereocenters. The van der Waals surface area contributed by atoms with Crippen LogP contribution < -0.4 is 10.1 Å². The maximum Gasteiger partial charge on any atom is 0.258 e. The molecule has 0 radical (unpaired) electrons. The molecule has 130 valence electrons. The number of para-hydroxylation sites is 2. The monoisotopic (exact) mass is 337 g/mol. The van der Waals surface area contributed by atoms with Crippen LogP contribution in [0.5, 0.6) is 5.75 Å². The summed E-state index contributed by atoms with van der Waals surface area (Å²) < 4.78 is 5.58. The molecular weight excluding hydrogens is 314 g/mol. The number of H-pyrrole nitrogens is 1. The molecule has 0 aliphatic carbocycles. The second-order valence-corrected chi connectivity index (χ2v) is 6.53. The van der Waals surface area contributed by atoms with E-state index >= 15 is 0 Å². The topological polar surface area (TPSA) is 67.0 Å². The Morgan fingerprint density at radius 1 is 1.20 bits per heavy atom. The third kappa shape index (κ3) is 4.18. The van der Waals surface area contributed by atoms with Gasteiger partial charge >= 0.3 is 0 Å². The second-order valence-electron chi connectivity index (χ2n) is 6.53. The van der Waals surface area contributed by atoms with E-state index in [0.29, 0.717) is 5.75 Å². The molecule has 0 bridgehead atoms. The highest BCUT2D eigenvalue weighted by Crippen LogP contribution is 2.22. The maximum absolute atomic E-state index is 12.3. The highest BCUT2D eigenvalue weighted by Gasteiger charge is 2.22. The summed E-state index contributed by atoms with van der Waals surface area (Å²) in [5, 5.41) is 3.02. The van der Waals surface area contributed by atoms with Crippen LogP contribution in [0.15, 0.2) is 48.5 Å². The minimum Gasteiger partial charge on any atom is -0.484 e. The van der Waals surface area contributed by atoms with Crippen molar-refractivity contribution in [1.29, 1.82) is 0 Å². The first-order chi connectivity index (χ1) is 12.0. The number of ether oxygens (including phenoxy) is 1. The first kappa shape index (κ1) is 17.0. The van der Waals surface area contributed by atoms with Crippen LogP contribution in [0.3, 0.4) is 0 Å². The third-order valence-corrected chi connectivity index (χ3v) is 4.04. The molecule has 1 amide bonds. The molecule has 0 saturated heterocycles. The highest BCUT2D eigenvalue weighted by atomic mass is 16.5. The Labute approximate surface area is 147 Å². The largest absolute Gasteiger partial charge is 0.484 e. The van der Waals surface area contributed by atoms with Crippen molar-refractivity contribution in [3.63, 3.8) is 0 Å². The first-order valence-electron chi connectivity index (χ1n) is 8.46. The summed E-state index contributed by atoms with van der Waals surface area (Å²) in [6.45, 7) is 6.08. The molecule has 0 aliphatic heterocycles. The molecule has 2 aromatic carbocycles. The van der Waals surface area contributed by atoms with Gasteiger partial charge in [-0.05, 0) is 42.7 Å². The third-order valence-electron chi connectivity index (χ3n) is 4.04. The van der Waals surface area contributed by atoms with Crippen LogP contribution in [-0.2, 0) is 4.79 Å². The minimum absolute atomic E-state index is 0.0209. The molecule has 0 unspecified atom stereocenters. The first-order valence-corrected chi connectivity index (χ1v) is 8.46. The van der Waals surface area contributed by atoms with Gasteiger partial charge < -0.3 is 15.0 Å².